The van der Waals surface area contributed by atoms with E-state index in [1.54, 1.807) is 30.3 Å². The van der Waals surface area contributed by atoms with Gasteiger partial charge in [0.1, 0.15) is 0 Å². The summed E-state index contributed by atoms with van der Waals surface area (Å²) < 4.78 is 0.712. The Bertz CT molecular complexity index is 1180. The van der Waals surface area contributed by atoms with Crippen LogP contribution in [-0.4, -0.2) is 16.8 Å². The Hall–Kier alpha value is -2.73. The first-order valence-corrected chi connectivity index (χ1v) is 10.9. The van der Waals surface area contributed by atoms with Crippen LogP contribution in [0.4, 0.5) is 5.69 Å². The Morgan fingerprint density at radius 3 is 2.52 bits per heavy atom. The van der Waals surface area contributed by atoms with Gasteiger partial charge in [-0.15, -0.1) is 0 Å². The van der Waals surface area contributed by atoms with Gasteiger partial charge in [0.25, 0.3) is 5.91 Å². The summed E-state index contributed by atoms with van der Waals surface area (Å²) in [5.41, 5.74) is 0.643. The highest BCUT2D eigenvalue weighted by atomic mass is 79.9. The van der Waals surface area contributed by atoms with Crippen molar-refractivity contribution in [3.63, 3.8) is 0 Å². The van der Waals surface area contributed by atoms with E-state index in [9.17, 15) is 14.7 Å². The molecule has 0 aromatic heterocycles. The number of hydrogen-bond acceptors (Lipinski definition) is 3. The van der Waals surface area contributed by atoms with Crippen LogP contribution in [0.5, 0.6) is 0 Å². The number of ketones is 1. The van der Waals surface area contributed by atoms with Gasteiger partial charge in [0.2, 0.25) is 0 Å². The fraction of sp³-hybridized carbons (Fsp3) is 0.120. The van der Waals surface area contributed by atoms with Crippen LogP contribution >= 0.6 is 27.5 Å². The Kier molecular flexibility index (Phi) is 6.10. The fourth-order valence-electron chi connectivity index (χ4n) is 3.71. The minimum absolute atomic E-state index is 0.198. The quantitative estimate of drug-likeness (QED) is 0.458. The van der Waals surface area contributed by atoms with E-state index in [2.05, 4.69) is 15.9 Å². The van der Waals surface area contributed by atoms with Gasteiger partial charge in [0, 0.05) is 15.1 Å². The third-order valence-corrected chi connectivity index (χ3v) is 6.13. The summed E-state index contributed by atoms with van der Waals surface area (Å²) in [4.78, 5) is 27.5. The molecule has 0 bridgehead atoms. The molecule has 0 saturated heterocycles. The van der Waals surface area contributed by atoms with Crippen LogP contribution in [0.1, 0.15) is 23.1 Å². The molecule has 6 heteroatoms. The van der Waals surface area contributed by atoms with E-state index in [1.807, 2.05) is 48.5 Å². The van der Waals surface area contributed by atoms with Crippen LogP contribution in [0.3, 0.4) is 0 Å². The molecular formula is C25H19BrClNO3. The number of rotatable bonds is 6. The van der Waals surface area contributed by atoms with E-state index < -0.39 is 11.5 Å². The van der Waals surface area contributed by atoms with Crippen molar-refractivity contribution in [2.24, 2.45) is 0 Å². The molecule has 1 heterocycles. The minimum atomic E-state index is -1.95. The number of anilines is 1. The molecule has 1 N–H and O–H groups in total. The molecule has 0 unspecified atom stereocenters. The average Bonchev–Trinajstić information content (AvgIpc) is 2.96. The molecule has 1 aliphatic heterocycles. The molecule has 0 aliphatic carbocycles. The topological polar surface area (TPSA) is 57.6 Å². The smallest absolute Gasteiger partial charge is 0.264 e. The maximum absolute atomic E-state index is 13.4. The lowest BCUT2D eigenvalue weighted by atomic mass is 9.89. The molecule has 0 spiro atoms. The summed E-state index contributed by atoms with van der Waals surface area (Å²) in [6, 6.07) is 21.9. The van der Waals surface area contributed by atoms with Gasteiger partial charge in [-0.1, -0.05) is 82.1 Å². The van der Waals surface area contributed by atoms with Crippen molar-refractivity contribution >= 4 is 51.0 Å². The Balaban J connectivity index is 1.65. The normalized spacial score (nSPS) is 17.9. The number of hydrogen-bond donors (Lipinski definition) is 1. The Morgan fingerprint density at radius 1 is 1.06 bits per heavy atom. The standard InChI is InChI=1S/C25H19BrClNO3/c26-19-11-13-23-21(14-19)25(31,15-20(29)12-10-17-6-2-1-3-7-17)24(30)28(23)16-18-8-4-5-9-22(18)27/h1-14,31H,15-16H2/b12-10+/t25-/m0/s1. The van der Waals surface area contributed by atoms with E-state index >= 15 is 0 Å². The number of fused-ring (bicyclic) bond motifs is 1. The van der Waals surface area contributed by atoms with Gasteiger partial charge in [0.05, 0.1) is 18.7 Å². The highest BCUT2D eigenvalue weighted by molar-refractivity contribution is 9.10. The lowest BCUT2D eigenvalue weighted by Crippen LogP contribution is -2.41. The number of nitrogens with zero attached hydrogens (tertiary/aromatic N) is 1. The first-order valence-electron chi connectivity index (χ1n) is 9.72. The number of aliphatic hydroxyl groups is 1. The van der Waals surface area contributed by atoms with Crippen LogP contribution in [0, 0.1) is 0 Å². The second-order valence-electron chi connectivity index (χ2n) is 7.39. The van der Waals surface area contributed by atoms with Crippen LogP contribution in [0.2, 0.25) is 5.02 Å². The summed E-state index contributed by atoms with van der Waals surface area (Å²) in [5.74, 6) is -0.882. The summed E-state index contributed by atoms with van der Waals surface area (Å²) in [7, 11) is 0. The highest BCUT2D eigenvalue weighted by Crippen LogP contribution is 2.44. The van der Waals surface area contributed by atoms with Crippen LogP contribution in [0.15, 0.2) is 83.3 Å². The van der Waals surface area contributed by atoms with Crippen molar-refractivity contribution in [1.82, 2.24) is 0 Å². The van der Waals surface area contributed by atoms with Crippen molar-refractivity contribution < 1.29 is 14.7 Å². The van der Waals surface area contributed by atoms with E-state index in [0.717, 1.165) is 11.1 Å². The molecule has 0 radical (unpaired) electrons. The zero-order valence-electron chi connectivity index (χ0n) is 16.5. The van der Waals surface area contributed by atoms with E-state index in [0.29, 0.717) is 20.7 Å². The number of benzene rings is 3. The van der Waals surface area contributed by atoms with Gasteiger partial charge in [-0.2, -0.15) is 0 Å². The van der Waals surface area contributed by atoms with Crippen molar-refractivity contribution in [3.05, 3.63) is 105 Å². The number of carbonyl (C=O) groups is 2. The van der Waals surface area contributed by atoms with E-state index in [1.165, 1.54) is 11.0 Å². The van der Waals surface area contributed by atoms with Crippen LogP contribution in [0.25, 0.3) is 6.08 Å². The monoisotopic (exact) mass is 495 g/mol. The molecule has 4 rings (SSSR count). The summed E-state index contributed by atoms with van der Waals surface area (Å²) in [6.45, 7) is 0.198. The number of allylic oxidation sites excluding steroid dienone is 1. The highest BCUT2D eigenvalue weighted by Gasteiger charge is 2.50. The molecule has 4 nitrogen and oxygen atoms in total. The van der Waals surface area contributed by atoms with E-state index in [4.69, 9.17) is 11.6 Å². The summed E-state index contributed by atoms with van der Waals surface area (Å²) in [5, 5.41) is 12.0. The maximum atomic E-state index is 13.4. The minimum Gasteiger partial charge on any atom is -0.375 e. The maximum Gasteiger partial charge on any atom is 0.264 e. The second-order valence-corrected chi connectivity index (χ2v) is 8.71. The predicted octanol–water partition coefficient (Wildman–Crippen LogP) is 5.51. The van der Waals surface area contributed by atoms with E-state index in [-0.39, 0.29) is 18.7 Å². The molecule has 156 valence electrons. The first kappa shape index (κ1) is 21.5. The summed E-state index contributed by atoms with van der Waals surface area (Å²) >= 11 is 9.69. The predicted molar refractivity (Wildman–Crippen MR) is 126 cm³/mol. The molecule has 1 atom stereocenters. The SMILES string of the molecule is O=C(/C=C/c1ccccc1)C[C@@]1(O)C(=O)N(Cc2ccccc2Cl)c2ccc(Br)cc21. The zero-order valence-corrected chi connectivity index (χ0v) is 18.8. The summed E-state index contributed by atoms with van der Waals surface area (Å²) in [6.07, 6.45) is 2.72. The first-order chi connectivity index (χ1) is 14.9. The zero-order chi connectivity index (χ0) is 22.0. The van der Waals surface area contributed by atoms with Gasteiger partial charge < -0.3 is 10.0 Å². The van der Waals surface area contributed by atoms with Crippen molar-refractivity contribution in [1.29, 1.82) is 0 Å². The third kappa shape index (κ3) is 4.35. The lowest BCUT2D eigenvalue weighted by Gasteiger charge is -2.22. The van der Waals surface area contributed by atoms with Crippen molar-refractivity contribution in [2.45, 2.75) is 18.6 Å². The largest absolute Gasteiger partial charge is 0.375 e. The lowest BCUT2D eigenvalue weighted by molar-refractivity contribution is -0.140. The van der Waals surface area contributed by atoms with Gasteiger partial charge in [0.15, 0.2) is 11.4 Å². The molecule has 31 heavy (non-hydrogen) atoms. The molecular weight excluding hydrogens is 478 g/mol. The van der Waals surface area contributed by atoms with Crippen LogP contribution in [-0.2, 0) is 21.7 Å². The third-order valence-electron chi connectivity index (χ3n) is 5.27. The van der Waals surface area contributed by atoms with Crippen LogP contribution < -0.4 is 4.90 Å². The Morgan fingerprint density at radius 2 is 1.77 bits per heavy atom. The van der Waals surface area contributed by atoms with Gasteiger partial charge in [-0.25, -0.2) is 0 Å². The molecule has 1 amide bonds. The average molecular weight is 497 g/mol. The molecule has 3 aromatic rings. The molecule has 3 aromatic carbocycles. The number of amides is 1. The van der Waals surface area contributed by atoms with Gasteiger partial charge >= 0.3 is 0 Å². The van der Waals surface area contributed by atoms with Gasteiger partial charge in [-0.3, -0.25) is 9.59 Å². The Labute approximate surface area is 193 Å². The van der Waals surface area contributed by atoms with Crippen molar-refractivity contribution in [2.75, 3.05) is 4.90 Å². The van der Waals surface area contributed by atoms with Crippen molar-refractivity contribution in [3.8, 4) is 0 Å². The number of carbonyl (C=O) groups excluding carboxylic acids is 2. The van der Waals surface area contributed by atoms with Gasteiger partial charge in [-0.05, 0) is 41.5 Å². The molecule has 0 saturated carbocycles. The molecule has 1 aliphatic rings. The number of halogens is 2. The second kappa shape index (κ2) is 8.79. The molecule has 0 fully saturated rings. The fourth-order valence-corrected chi connectivity index (χ4v) is 4.27.